The minimum absolute atomic E-state index is 0.127. The van der Waals surface area contributed by atoms with E-state index in [4.69, 9.17) is 4.74 Å². The third-order valence-electron chi connectivity index (χ3n) is 2.51. The van der Waals surface area contributed by atoms with Crippen LogP contribution in [0.25, 0.3) is 0 Å². The first-order chi connectivity index (χ1) is 8.13. The van der Waals surface area contributed by atoms with Gasteiger partial charge in [0.1, 0.15) is 18.3 Å². The predicted octanol–water partition coefficient (Wildman–Crippen LogP) is 3.41. The van der Waals surface area contributed by atoms with Crippen LogP contribution in [-0.4, -0.2) is 18.5 Å². The third-order valence-corrected chi connectivity index (χ3v) is 3.73. The molecule has 0 saturated carbocycles. The first kappa shape index (κ1) is 14.1. The van der Waals surface area contributed by atoms with E-state index in [1.54, 1.807) is 0 Å². The quantitative estimate of drug-likeness (QED) is 0.336. The van der Waals surface area contributed by atoms with Crippen molar-refractivity contribution in [3.63, 3.8) is 0 Å². The summed E-state index contributed by atoms with van der Waals surface area (Å²) in [6.45, 7) is 2.12. The minimum atomic E-state index is -0.127. The van der Waals surface area contributed by atoms with Crippen molar-refractivity contribution in [1.82, 2.24) is 0 Å². The molecule has 0 aliphatic carbocycles. The van der Waals surface area contributed by atoms with Crippen LogP contribution in [0.4, 0.5) is 0 Å². The zero-order chi connectivity index (χ0) is 12.7. The number of carbonyl (C=O) groups excluding carboxylic acids is 1. The van der Waals surface area contributed by atoms with E-state index in [9.17, 15) is 4.79 Å². The molecule has 0 N–H and O–H groups in total. The summed E-state index contributed by atoms with van der Waals surface area (Å²) in [5.41, 5.74) is 0. The van der Waals surface area contributed by atoms with Crippen molar-refractivity contribution >= 4 is 16.9 Å². The Morgan fingerprint density at radius 1 is 1.18 bits per heavy atom. The third kappa shape index (κ3) is 5.26. The van der Waals surface area contributed by atoms with Crippen molar-refractivity contribution in [3.8, 4) is 5.75 Å². The lowest BCUT2D eigenvalue weighted by Crippen LogP contribution is -2.07. The summed E-state index contributed by atoms with van der Waals surface area (Å²) in [7, 11) is 0.254. The molecule has 0 heterocycles. The molecule has 0 aliphatic heterocycles. The van der Waals surface area contributed by atoms with Crippen LogP contribution in [0.5, 0.6) is 5.75 Å². The molecule has 1 aromatic carbocycles. The molecule has 1 aromatic rings. The van der Waals surface area contributed by atoms with Crippen LogP contribution in [0.1, 0.15) is 32.6 Å². The molecular formula is C14H21O2S+. The van der Waals surface area contributed by atoms with Crippen LogP contribution in [-0.2, 0) is 15.7 Å². The fourth-order valence-electron chi connectivity index (χ4n) is 1.48. The molecule has 1 rings (SSSR count). The van der Waals surface area contributed by atoms with Gasteiger partial charge in [0.15, 0.2) is 4.90 Å². The standard InChI is InChI=1S/C14H21O2S/c1-4-5-6-7-14(15)16-12-8-10-13(11-9-12)17(2)3/h8-11H,4-7H2,1-3H3/q+1. The van der Waals surface area contributed by atoms with E-state index >= 15 is 0 Å². The Morgan fingerprint density at radius 3 is 2.35 bits per heavy atom. The van der Waals surface area contributed by atoms with Crippen molar-refractivity contribution in [1.29, 1.82) is 0 Å². The van der Waals surface area contributed by atoms with Gasteiger partial charge in [0, 0.05) is 17.3 Å². The van der Waals surface area contributed by atoms with Gasteiger partial charge < -0.3 is 4.74 Å². The average molecular weight is 253 g/mol. The van der Waals surface area contributed by atoms with Gasteiger partial charge >= 0.3 is 5.97 Å². The van der Waals surface area contributed by atoms with Gasteiger partial charge in [-0.1, -0.05) is 19.8 Å². The van der Waals surface area contributed by atoms with Crippen LogP contribution in [0.3, 0.4) is 0 Å². The molecule has 94 valence electrons. The highest BCUT2D eigenvalue weighted by molar-refractivity contribution is 7.95. The summed E-state index contributed by atoms with van der Waals surface area (Å²) in [4.78, 5) is 12.8. The Hall–Kier alpha value is -0.960. The molecule has 0 fully saturated rings. The Bertz CT molecular complexity index is 344. The maximum absolute atomic E-state index is 11.5. The summed E-state index contributed by atoms with van der Waals surface area (Å²) in [6.07, 6.45) is 7.99. The zero-order valence-electron chi connectivity index (χ0n) is 10.9. The number of hydrogen-bond donors (Lipinski definition) is 0. The van der Waals surface area contributed by atoms with E-state index in [1.165, 1.54) is 4.90 Å². The van der Waals surface area contributed by atoms with E-state index in [2.05, 4.69) is 19.4 Å². The lowest BCUT2D eigenvalue weighted by Gasteiger charge is -2.04. The van der Waals surface area contributed by atoms with Gasteiger partial charge in [-0.3, -0.25) is 4.79 Å². The Morgan fingerprint density at radius 2 is 1.82 bits per heavy atom. The highest BCUT2D eigenvalue weighted by Crippen LogP contribution is 2.16. The van der Waals surface area contributed by atoms with Gasteiger partial charge in [0.2, 0.25) is 0 Å². The molecule has 2 nitrogen and oxygen atoms in total. The van der Waals surface area contributed by atoms with Crippen LogP contribution in [0, 0.1) is 0 Å². The number of benzene rings is 1. The summed E-state index contributed by atoms with van der Waals surface area (Å²) in [5, 5.41) is 0. The van der Waals surface area contributed by atoms with Crippen molar-refractivity contribution in [3.05, 3.63) is 24.3 Å². The normalized spacial score (nSPS) is 10.6. The maximum Gasteiger partial charge on any atom is 0.311 e. The number of rotatable bonds is 6. The molecule has 0 aliphatic rings. The van der Waals surface area contributed by atoms with E-state index < -0.39 is 0 Å². The van der Waals surface area contributed by atoms with Gasteiger partial charge in [-0.25, -0.2) is 0 Å². The molecule has 17 heavy (non-hydrogen) atoms. The van der Waals surface area contributed by atoms with Crippen molar-refractivity contribution in [2.45, 2.75) is 37.5 Å². The number of unbranched alkanes of at least 4 members (excludes halogenated alkanes) is 2. The van der Waals surface area contributed by atoms with Crippen LogP contribution in [0.15, 0.2) is 29.2 Å². The Balaban J connectivity index is 2.43. The van der Waals surface area contributed by atoms with Gasteiger partial charge in [-0.15, -0.1) is 0 Å². The van der Waals surface area contributed by atoms with E-state index in [0.29, 0.717) is 12.2 Å². The molecule has 0 amide bonds. The Labute approximate surface area is 107 Å². The van der Waals surface area contributed by atoms with Gasteiger partial charge in [0.25, 0.3) is 0 Å². The van der Waals surface area contributed by atoms with E-state index in [0.717, 1.165) is 19.3 Å². The lowest BCUT2D eigenvalue weighted by molar-refractivity contribution is -0.134. The molecule has 0 spiro atoms. The van der Waals surface area contributed by atoms with Crippen LogP contribution >= 0.6 is 0 Å². The number of carbonyl (C=O) groups is 1. The highest BCUT2D eigenvalue weighted by atomic mass is 32.2. The number of ether oxygens (including phenoxy) is 1. The number of hydrogen-bond acceptors (Lipinski definition) is 2. The molecule has 3 heteroatoms. The van der Waals surface area contributed by atoms with Crippen LogP contribution < -0.4 is 4.74 Å². The first-order valence-electron chi connectivity index (χ1n) is 6.02. The summed E-state index contributed by atoms with van der Waals surface area (Å²) in [5.74, 6) is 0.527. The minimum Gasteiger partial charge on any atom is -0.427 e. The van der Waals surface area contributed by atoms with Crippen molar-refractivity contribution < 1.29 is 9.53 Å². The monoisotopic (exact) mass is 253 g/mol. The topological polar surface area (TPSA) is 26.3 Å². The van der Waals surface area contributed by atoms with E-state index in [1.807, 2.05) is 24.3 Å². The fraction of sp³-hybridized carbons (Fsp3) is 0.500. The molecule has 0 unspecified atom stereocenters. The molecule has 0 aromatic heterocycles. The smallest absolute Gasteiger partial charge is 0.311 e. The van der Waals surface area contributed by atoms with Gasteiger partial charge in [-0.2, -0.15) is 0 Å². The molecule has 0 radical (unpaired) electrons. The first-order valence-corrected chi connectivity index (χ1v) is 8.06. The second kappa shape index (κ2) is 7.38. The largest absolute Gasteiger partial charge is 0.427 e. The fourth-order valence-corrected chi connectivity index (χ4v) is 2.16. The van der Waals surface area contributed by atoms with Gasteiger partial charge in [0.05, 0.1) is 0 Å². The van der Waals surface area contributed by atoms with Gasteiger partial charge in [-0.05, 0) is 30.7 Å². The molecule has 0 bridgehead atoms. The maximum atomic E-state index is 11.5. The summed E-state index contributed by atoms with van der Waals surface area (Å²) < 4.78 is 5.26. The van der Waals surface area contributed by atoms with Crippen molar-refractivity contribution in [2.75, 3.05) is 12.5 Å². The zero-order valence-corrected chi connectivity index (χ0v) is 11.7. The molecular weight excluding hydrogens is 232 g/mol. The van der Waals surface area contributed by atoms with Crippen LogP contribution in [0.2, 0.25) is 0 Å². The Kier molecular flexibility index (Phi) is 6.12. The summed E-state index contributed by atoms with van der Waals surface area (Å²) >= 11 is 0. The summed E-state index contributed by atoms with van der Waals surface area (Å²) in [6, 6.07) is 7.80. The molecule has 0 saturated heterocycles. The SMILES string of the molecule is CCCCCC(=O)Oc1ccc([S+](C)C)cc1. The second-order valence-electron chi connectivity index (χ2n) is 4.22. The lowest BCUT2D eigenvalue weighted by atomic mass is 10.2. The van der Waals surface area contributed by atoms with Crippen molar-refractivity contribution in [2.24, 2.45) is 0 Å². The highest BCUT2D eigenvalue weighted by Gasteiger charge is 2.09. The average Bonchev–Trinajstić information content (AvgIpc) is 2.30. The van der Waals surface area contributed by atoms with E-state index in [-0.39, 0.29) is 16.9 Å². The number of esters is 1. The second-order valence-corrected chi connectivity index (χ2v) is 6.32. The predicted molar refractivity (Wildman–Crippen MR) is 73.7 cm³/mol. The molecule has 0 atom stereocenters.